The quantitative estimate of drug-likeness (QED) is 0.563. The molecule has 2 aliphatic carbocycles. The second kappa shape index (κ2) is 8.75. The third-order valence-corrected chi connectivity index (χ3v) is 9.33. The predicted octanol–water partition coefficient (Wildman–Crippen LogP) is 5.32. The van der Waals surface area contributed by atoms with Crippen LogP contribution in [-0.2, 0) is 11.3 Å². The van der Waals surface area contributed by atoms with Crippen LogP contribution in [-0.4, -0.2) is 69.5 Å². The van der Waals surface area contributed by atoms with Crippen LogP contribution in [0.15, 0.2) is 30.3 Å². The van der Waals surface area contributed by atoms with Crippen molar-refractivity contribution < 1.29 is 9.53 Å². The fourth-order valence-electron chi connectivity index (χ4n) is 7.17. The van der Waals surface area contributed by atoms with Crippen molar-refractivity contribution in [3.63, 3.8) is 0 Å². The first-order valence-corrected chi connectivity index (χ1v) is 14.1. The number of nitrogens with zero attached hydrogens (tertiary/aromatic N) is 5. The molecule has 7 heteroatoms. The minimum Gasteiger partial charge on any atom is -0.444 e. The van der Waals surface area contributed by atoms with Gasteiger partial charge in [-0.25, -0.2) is 4.79 Å². The summed E-state index contributed by atoms with van der Waals surface area (Å²) in [5.41, 5.74) is 4.10. The Morgan fingerprint density at radius 2 is 1.76 bits per heavy atom. The fourth-order valence-corrected chi connectivity index (χ4v) is 7.17. The van der Waals surface area contributed by atoms with Crippen molar-refractivity contribution >= 4 is 11.9 Å². The van der Waals surface area contributed by atoms with Crippen molar-refractivity contribution in [2.24, 2.45) is 5.41 Å². The number of benzene rings is 1. The van der Waals surface area contributed by atoms with E-state index in [0.717, 1.165) is 52.1 Å². The maximum atomic E-state index is 12.4. The van der Waals surface area contributed by atoms with E-state index < -0.39 is 5.60 Å². The van der Waals surface area contributed by atoms with Crippen LogP contribution in [0.1, 0.15) is 75.7 Å². The van der Waals surface area contributed by atoms with Gasteiger partial charge >= 0.3 is 6.09 Å². The highest BCUT2D eigenvalue weighted by Crippen LogP contribution is 2.55. The minimum absolute atomic E-state index is 0.174. The third-order valence-electron chi connectivity index (χ3n) is 9.33. The molecular formula is C30H43N5O2. The standard InChI is InChI=1S/C30H43N5O2/c1-22-23(2)35(25-16-29(17-25)19-33(20-29)27(36)37-28(3,4)5)31-26(22)34-15-14-32(21-30(34)12-9-13-30)18-24-10-7-6-8-11-24/h6-8,10-11,25H,9,12-21H2,1-5H3. The second-order valence-corrected chi connectivity index (χ2v) is 13.3. The number of rotatable bonds is 4. The molecule has 2 aromatic rings. The monoisotopic (exact) mass is 505 g/mol. The Balaban J connectivity index is 1.11. The molecule has 4 fully saturated rings. The summed E-state index contributed by atoms with van der Waals surface area (Å²) >= 11 is 0. The number of hydrogen-bond donors (Lipinski definition) is 0. The number of carbonyl (C=O) groups excluding carboxylic acids is 1. The fraction of sp³-hybridized carbons (Fsp3) is 0.667. The lowest BCUT2D eigenvalue weighted by molar-refractivity contribution is -0.0931. The molecule has 37 heavy (non-hydrogen) atoms. The first kappa shape index (κ1) is 24.8. The highest BCUT2D eigenvalue weighted by molar-refractivity contribution is 5.69. The van der Waals surface area contributed by atoms with Crippen LogP contribution in [0, 0.1) is 19.3 Å². The summed E-state index contributed by atoms with van der Waals surface area (Å²) in [6.07, 6.45) is 5.86. The van der Waals surface area contributed by atoms with E-state index in [4.69, 9.17) is 9.84 Å². The van der Waals surface area contributed by atoms with Gasteiger partial charge in [-0.1, -0.05) is 30.3 Å². The molecule has 0 radical (unpaired) electrons. The number of ether oxygens (including phenoxy) is 1. The van der Waals surface area contributed by atoms with Crippen LogP contribution in [0.3, 0.4) is 0 Å². The van der Waals surface area contributed by atoms with Gasteiger partial charge in [-0.3, -0.25) is 9.58 Å². The molecule has 2 saturated carbocycles. The Morgan fingerprint density at radius 1 is 1.05 bits per heavy atom. The molecule has 0 N–H and O–H groups in total. The molecule has 4 aliphatic rings. The van der Waals surface area contributed by atoms with E-state index in [1.165, 1.54) is 41.9 Å². The van der Waals surface area contributed by atoms with Gasteiger partial charge in [0.15, 0.2) is 5.82 Å². The number of hydrogen-bond acceptors (Lipinski definition) is 5. The molecule has 0 atom stereocenters. The summed E-state index contributed by atoms with van der Waals surface area (Å²) in [5.74, 6) is 1.21. The van der Waals surface area contributed by atoms with Crippen LogP contribution in [0.5, 0.6) is 0 Å². The van der Waals surface area contributed by atoms with Crippen molar-refractivity contribution in [2.45, 2.75) is 90.4 Å². The molecule has 2 spiro atoms. The molecule has 1 aromatic heterocycles. The molecule has 6 rings (SSSR count). The van der Waals surface area contributed by atoms with E-state index in [-0.39, 0.29) is 17.0 Å². The van der Waals surface area contributed by atoms with E-state index in [2.05, 4.69) is 58.7 Å². The van der Waals surface area contributed by atoms with E-state index in [0.29, 0.717) is 6.04 Å². The van der Waals surface area contributed by atoms with E-state index >= 15 is 0 Å². The molecule has 2 aliphatic heterocycles. The topological polar surface area (TPSA) is 53.8 Å². The lowest BCUT2D eigenvalue weighted by Crippen LogP contribution is -2.66. The summed E-state index contributed by atoms with van der Waals surface area (Å²) in [7, 11) is 0. The molecule has 7 nitrogen and oxygen atoms in total. The van der Waals surface area contributed by atoms with Gasteiger partial charge in [0.1, 0.15) is 5.60 Å². The van der Waals surface area contributed by atoms with Crippen LogP contribution < -0.4 is 4.90 Å². The first-order valence-electron chi connectivity index (χ1n) is 14.1. The average Bonchev–Trinajstić information content (AvgIpc) is 3.04. The number of amides is 1. The molecule has 1 amide bonds. The lowest BCUT2D eigenvalue weighted by atomic mass is 9.61. The largest absolute Gasteiger partial charge is 0.444 e. The molecule has 200 valence electrons. The van der Waals surface area contributed by atoms with Gasteiger partial charge in [0, 0.05) is 55.9 Å². The van der Waals surface area contributed by atoms with Crippen molar-refractivity contribution in [1.29, 1.82) is 0 Å². The molecule has 2 saturated heterocycles. The van der Waals surface area contributed by atoms with E-state index in [1.807, 2.05) is 25.7 Å². The number of anilines is 1. The van der Waals surface area contributed by atoms with Gasteiger partial charge in [0.25, 0.3) is 0 Å². The lowest BCUT2D eigenvalue weighted by Gasteiger charge is -2.58. The third kappa shape index (κ3) is 4.43. The smallest absolute Gasteiger partial charge is 0.410 e. The van der Waals surface area contributed by atoms with Gasteiger partial charge in [0.2, 0.25) is 0 Å². The predicted molar refractivity (Wildman–Crippen MR) is 146 cm³/mol. The second-order valence-electron chi connectivity index (χ2n) is 13.3. The summed E-state index contributed by atoms with van der Waals surface area (Å²) in [5, 5.41) is 5.29. The summed E-state index contributed by atoms with van der Waals surface area (Å²) in [6, 6.07) is 11.3. The average molecular weight is 506 g/mol. The Hall–Kier alpha value is -2.54. The Bertz CT molecular complexity index is 1150. The first-order chi connectivity index (χ1) is 17.6. The highest BCUT2D eigenvalue weighted by atomic mass is 16.6. The molecule has 1 aromatic carbocycles. The van der Waals surface area contributed by atoms with Crippen LogP contribution in [0.25, 0.3) is 0 Å². The van der Waals surface area contributed by atoms with Crippen LogP contribution >= 0.6 is 0 Å². The number of likely N-dealkylation sites (tertiary alicyclic amines) is 1. The maximum absolute atomic E-state index is 12.4. The van der Waals surface area contributed by atoms with Crippen molar-refractivity contribution in [3.8, 4) is 0 Å². The molecule has 0 unspecified atom stereocenters. The number of carbonyl (C=O) groups is 1. The Kier molecular flexibility index (Phi) is 5.86. The van der Waals surface area contributed by atoms with Crippen molar-refractivity contribution in [3.05, 3.63) is 47.2 Å². The summed E-state index contributed by atoms with van der Waals surface area (Å²) in [4.78, 5) is 19.6. The summed E-state index contributed by atoms with van der Waals surface area (Å²) in [6.45, 7) is 16.2. The normalized spacial score (nSPS) is 23.1. The van der Waals surface area contributed by atoms with E-state index in [9.17, 15) is 4.79 Å². The number of aromatic nitrogens is 2. The molecule has 0 bridgehead atoms. The van der Waals surface area contributed by atoms with Crippen LogP contribution in [0.2, 0.25) is 0 Å². The highest BCUT2D eigenvalue weighted by Gasteiger charge is 2.56. The summed E-state index contributed by atoms with van der Waals surface area (Å²) < 4.78 is 7.87. The van der Waals surface area contributed by atoms with Gasteiger partial charge in [-0.2, -0.15) is 5.10 Å². The van der Waals surface area contributed by atoms with Gasteiger partial charge < -0.3 is 14.5 Å². The van der Waals surface area contributed by atoms with E-state index in [1.54, 1.807) is 0 Å². The van der Waals surface area contributed by atoms with Gasteiger partial charge in [0.05, 0.1) is 11.6 Å². The Morgan fingerprint density at radius 3 is 2.38 bits per heavy atom. The SMILES string of the molecule is Cc1c(N2CCN(Cc3ccccc3)CC23CCC3)nn(C2CC3(C2)CN(C(=O)OC(C)(C)C)C3)c1C. The maximum Gasteiger partial charge on any atom is 0.410 e. The van der Waals surface area contributed by atoms with Crippen molar-refractivity contribution in [1.82, 2.24) is 19.6 Å². The minimum atomic E-state index is -0.438. The zero-order valence-corrected chi connectivity index (χ0v) is 23.3. The molecule has 3 heterocycles. The van der Waals surface area contributed by atoms with Gasteiger partial charge in [-0.05, 0) is 72.3 Å². The van der Waals surface area contributed by atoms with Gasteiger partial charge in [-0.15, -0.1) is 0 Å². The number of piperazine rings is 1. The zero-order chi connectivity index (χ0) is 26.0. The van der Waals surface area contributed by atoms with Crippen LogP contribution in [0.4, 0.5) is 10.6 Å². The van der Waals surface area contributed by atoms with Crippen molar-refractivity contribution in [2.75, 3.05) is 37.6 Å². The molecular weight excluding hydrogens is 462 g/mol. The Labute approximate surface area is 221 Å². The zero-order valence-electron chi connectivity index (χ0n) is 23.3.